The second kappa shape index (κ2) is 8.36. The number of alkyl halides is 2. The molecule has 0 aliphatic carbocycles. The van der Waals surface area contributed by atoms with Gasteiger partial charge in [-0.25, -0.2) is 14.2 Å². The Morgan fingerprint density at radius 2 is 1.97 bits per heavy atom. The van der Waals surface area contributed by atoms with Crippen LogP contribution in [0.2, 0.25) is 0 Å². The predicted octanol–water partition coefficient (Wildman–Crippen LogP) is 2.84. The quantitative estimate of drug-likeness (QED) is 0.646. The minimum absolute atomic E-state index is 0.0325. The van der Waals surface area contributed by atoms with Gasteiger partial charge in [-0.05, 0) is 45.6 Å². The van der Waals surface area contributed by atoms with Gasteiger partial charge in [0.1, 0.15) is 5.82 Å². The summed E-state index contributed by atoms with van der Waals surface area (Å²) in [6.07, 6.45) is 5.44. The van der Waals surface area contributed by atoms with Crippen molar-refractivity contribution in [3.63, 3.8) is 0 Å². The lowest BCUT2D eigenvalue weighted by Gasteiger charge is -2.34. The molecular formula is C22H28F2N8O. The third kappa shape index (κ3) is 3.94. The van der Waals surface area contributed by atoms with Gasteiger partial charge in [0.25, 0.3) is 5.91 Å². The summed E-state index contributed by atoms with van der Waals surface area (Å²) in [4.78, 5) is 22.0. The highest BCUT2D eigenvalue weighted by atomic mass is 19.3. The zero-order chi connectivity index (χ0) is 23.3. The summed E-state index contributed by atoms with van der Waals surface area (Å²) < 4.78 is 28.6. The lowest BCUT2D eigenvalue weighted by atomic mass is 9.99. The molecule has 0 bridgehead atoms. The second-order valence-corrected chi connectivity index (χ2v) is 9.02. The van der Waals surface area contributed by atoms with Crippen molar-refractivity contribution in [1.29, 1.82) is 0 Å². The number of carbonyl (C=O) groups excluding carboxylic acids is 1. The van der Waals surface area contributed by atoms with Crippen LogP contribution in [0.1, 0.15) is 65.7 Å². The number of piperidine rings is 1. The fourth-order valence-electron chi connectivity index (χ4n) is 4.90. The van der Waals surface area contributed by atoms with Crippen LogP contribution in [0, 0.1) is 13.8 Å². The van der Waals surface area contributed by atoms with Crippen LogP contribution in [0.3, 0.4) is 0 Å². The number of nitrogens with two attached hydrogens (primary N) is 1. The first-order chi connectivity index (χ1) is 15.8. The smallest absolute Gasteiger partial charge is 0.333 e. The fourth-order valence-corrected chi connectivity index (χ4v) is 4.90. The van der Waals surface area contributed by atoms with Crippen molar-refractivity contribution in [2.45, 2.75) is 58.2 Å². The van der Waals surface area contributed by atoms with E-state index in [4.69, 9.17) is 15.8 Å². The highest BCUT2D eigenvalue weighted by Crippen LogP contribution is 2.33. The minimum Gasteiger partial charge on any atom is -0.355 e. The number of nitrogens with zero attached hydrogens (tertiary/aromatic N) is 7. The lowest BCUT2D eigenvalue weighted by molar-refractivity contribution is 0.0511. The molecule has 5 heterocycles. The number of halogens is 2. The van der Waals surface area contributed by atoms with Crippen molar-refractivity contribution in [2.75, 3.05) is 24.5 Å². The summed E-state index contributed by atoms with van der Waals surface area (Å²) in [6, 6.07) is 3.23. The summed E-state index contributed by atoms with van der Waals surface area (Å²) in [5.41, 5.74) is 8.82. The lowest BCUT2D eigenvalue weighted by Crippen LogP contribution is -2.39. The first-order valence-electron chi connectivity index (χ1n) is 11.3. The van der Waals surface area contributed by atoms with Crippen LogP contribution in [-0.4, -0.2) is 60.9 Å². The highest BCUT2D eigenvalue weighted by Gasteiger charge is 2.33. The first kappa shape index (κ1) is 21.7. The minimum atomic E-state index is -2.78. The van der Waals surface area contributed by atoms with Gasteiger partial charge in [-0.1, -0.05) is 0 Å². The molecule has 9 nitrogen and oxygen atoms in total. The van der Waals surface area contributed by atoms with Gasteiger partial charge in [0.2, 0.25) is 0 Å². The van der Waals surface area contributed by atoms with Gasteiger partial charge in [-0.15, -0.1) is 0 Å². The van der Waals surface area contributed by atoms with Gasteiger partial charge in [-0.2, -0.15) is 19.0 Å². The molecule has 176 valence electrons. The molecule has 0 spiro atoms. The maximum Gasteiger partial charge on any atom is 0.333 e. The molecule has 2 atom stereocenters. The molecule has 0 unspecified atom stereocenters. The molecule has 0 saturated carbocycles. The van der Waals surface area contributed by atoms with Crippen molar-refractivity contribution < 1.29 is 13.6 Å². The van der Waals surface area contributed by atoms with E-state index in [1.54, 1.807) is 9.42 Å². The Morgan fingerprint density at radius 1 is 1.15 bits per heavy atom. The van der Waals surface area contributed by atoms with Crippen LogP contribution in [0.15, 0.2) is 18.3 Å². The van der Waals surface area contributed by atoms with Crippen molar-refractivity contribution >= 4 is 17.4 Å². The van der Waals surface area contributed by atoms with E-state index in [1.165, 1.54) is 13.0 Å². The van der Waals surface area contributed by atoms with Gasteiger partial charge in [0.05, 0.1) is 11.7 Å². The zero-order valence-corrected chi connectivity index (χ0v) is 18.8. The van der Waals surface area contributed by atoms with E-state index in [0.717, 1.165) is 55.8 Å². The zero-order valence-electron chi connectivity index (χ0n) is 18.8. The van der Waals surface area contributed by atoms with Crippen LogP contribution in [-0.2, 0) is 0 Å². The van der Waals surface area contributed by atoms with E-state index in [9.17, 15) is 13.6 Å². The number of aryl methyl sites for hydroxylation is 2. The normalized spacial score (nSPS) is 21.5. The summed E-state index contributed by atoms with van der Waals surface area (Å²) >= 11 is 0. The number of fused-ring (bicyclic) bond motifs is 1. The van der Waals surface area contributed by atoms with Crippen molar-refractivity contribution in [3.05, 3.63) is 41.0 Å². The number of rotatable bonds is 4. The SMILES string of the molecule is Cc1cn2nc([C@@H]3CCCCN3C(=O)c3cc(C)n(C(F)F)n3)cc2nc1N1CC[C@H](N)C1. The van der Waals surface area contributed by atoms with Crippen LogP contribution in [0.4, 0.5) is 14.6 Å². The molecular weight excluding hydrogens is 430 g/mol. The highest BCUT2D eigenvalue weighted by molar-refractivity contribution is 5.92. The third-order valence-electron chi connectivity index (χ3n) is 6.58. The van der Waals surface area contributed by atoms with Crippen LogP contribution >= 0.6 is 0 Å². The van der Waals surface area contributed by atoms with Crippen molar-refractivity contribution in [1.82, 2.24) is 29.3 Å². The molecule has 5 rings (SSSR count). The predicted molar refractivity (Wildman–Crippen MR) is 118 cm³/mol. The van der Waals surface area contributed by atoms with E-state index in [2.05, 4.69) is 10.00 Å². The molecule has 2 aliphatic heterocycles. The summed E-state index contributed by atoms with van der Waals surface area (Å²) in [7, 11) is 0. The largest absolute Gasteiger partial charge is 0.355 e. The number of aromatic nitrogens is 5. The van der Waals surface area contributed by atoms with E-state index in [1.807, 2.05) is 19.2 Å². The number of anilines is 1. The molecule has 2 aliphatic rings. The van der Waals surface area contributed by atoms with E-state index in [-0.39, 0.29) is 29.4 Å². The molecule has 3 aromatic heterocycles. The Morgan fingerprint density at radius 3 is 2.67 bits per heavy atom. The molecule has 33 heavy (non-hydrogen) atoms. The van der Waals surface area contributed by atoms with E-state index >= 15 is 0 Å². The van der Waals surface area contributed by atoms with Crippen LogP contribution in [0.5, 0.6) is 0 Å². The van der Waals surface area contributed by atoms with Gasteiger partial charge in [0, 0.05) is 49.2 Å². The molecule has 2 fully saturated rings. The van der Waals surface area contributed by atoms with Gasteiger partial charge < -0.3 is 15.5 Å². The first-order valence-corrected chi connectivity index (χ1v) is 11.3. The van der Waals surface area contributed by atoms with Crippen LogP contribution in [0.25, 0.3) is 5.65 Å². The summed E-state index contributed by atoms with van der Waals surface area (Å²) in [5, 5.41) is 8.58. The monoisotopic (exact) mass is 458 g/mol. The molecule has 2 N–H and O–H groups in total. The Kier molecular flexibility index (Phi) is 5.51. The Hall–Kier alpha value is -3.08. The van der Waals surface area contributed by atoms with Crippen molar-refractivity contribution in [2.24, 2.45) is 5.73 Å². The van der Waals surface area contributed by atoms with Gasteiger partial charge >= 0.3 is 6.55 Å². The van der Waals surface area contributed by atoms with Crippen molar-refractivity contribution in [3.8, 4) is 0 Å². The van der Waals surface area contributed by atoms with Gasteiger partial charge in [-0.3, -0.25) is 4.79 Å². The molecule has 0 aromatic carbocycles. The Labute approximate surface area is 190 Å². The molecule has 11 heteroatoms. The maximum atomic E-state index is 13.2. The number of likely N-dealkylation sites (tertiary alicyclic amines) is 1. The second-order valence-electron chi connectivity index (χ2n) is 9.02. The number of hydrogen-bond acceptors (Lipinski definition) is 6. The Bertz CT molecular complexity index is 1190. The van der Waals surface area contributed by atoms with Crippen LogP contribution < -0.4 is 10.6 Å². The third-order valence-corrected chi connectivity index (χ3v) is 6.58. The topological polar surface area (TPSA) is 97.6 Å². The maximum absolute atomic E-state index is 13.2. The molecule has 2 saturated heterocycles. The number of hydrogen-bond donors (Lipinski definition) is 1. The fraction of sp³-hybridized carbons (Fsp3) is 0.545. The average molecular weight is 459 g/mol. The molecule has 1 amide bonds. The summed E-state index contributed by atoms with van der Waals surface area (Å²) in [6.45, 7) is 2.93. The summed E-state index contributed by atoms with van der Waals surface area (Å²) in [5.74, 6) is 0.557. The molecule has 0 radical (unpaired) electrons. The number of amides is 1. The van der Waals surface area contributed by atoms with Gasteiger partial charge in [0.15, 0.2) is 11.3 Å². The molecule has 3 aromatic rings. The number of carbonyl (C=O) groups is 1. The average Bonchev–Trinajstić information content (AvgIpc) is 3.50. The van der Waals surface area contributed by atoms with E-state index < -0.39 is 6.55 Å². The Balaban J connectivity index is 1.45. The van der Waals surface area contributed by atoms with E-state index in [0.29, 0.717) is 16.9 Å². The standard InChI is InChI=1S/C22H28F2N8O/c1-13-11-31-19(26-20(13)29-8-6-15(25)12-29)10-16(27-31)18-5-3-4-7-30(18)21(33)17-9-14(2)32(28-17)22(23)24/h9-11,15,18,22H,3-8,12,25H2,1-2H3/t15-,18-/m0/s1.